The molecule has 2 aromatic heterocycles. The molecule has 0 saturated heterocycles. The van der Waals surface area contributed by atoms with Crippen LogP contribution >= 0.6 is 0 Å². The number of aromatic nitrogens is 2. The normalized spacial score (nSPS) is 13.9. The lowest BCUT2D eigenvalue weighted by Gasteiger charge is -2.20. The van der Waals surface area contributed by atoms with Crippen LogP contribution in [0.1, 0.15) is 24.1 Å². The summed E-state index contributed by atoms with van der Waals surface area (Å²) in [4.78, 5) is 29.2. The van der Waals surface area contributed by atoms with Crippen LogP contribution in [0.3, 0.4) is 0 Å². The van der Waals surface area contributed by atoms with Crippen LogP contribution in [0.25, 0.3) is 11.7 Å². The molecule has 27 heavy (non-hydrogen) atoms. The summed E-state index contributed by atoms with van der Waals surface area (Å²) in [6.07, 6.45) is 8.98. The quantitative estimate of drug-likeness (QED) is 0.382. The summed E-state index contributed by atoms with van der Waals surface area (Å²) in [6, 6.07) is 12.2. The van der Waals surface area contributed by atoms with Crippen LogP contribution in [0.2, 0.25) is 0 Å². The molecule has 0 radical (unpaired) electrons. The molecule has 3 aromatic rings. The lowest BCUT2D eigenvalue weighted by atomic mass is 10.2. The van der Waals surface area contributed by atoms with E-state index in [-0.39, 0.29) is 17.6 Å². The van der Waals surface area contributed by atoms with E-state index >= 15 is 0 Å². The van der Waals surface area contributed by atoms with E-state index in [4.69, 9.17) is 0 Å². The summed E-state index contributed by atoms with van der Waals surface area (Å²) in [7, 11) is 0. The molecule has 1 amide bonds. The highest BCUT2D eigenvalue weighted by atomic mass is 16.6. The number of nitrogens with zero attached hydrogens (tertiary/aromatic N) is 4. The molecular weight excluding hydrogens is 344 g/mol. The zero-order valence-electron chi connectivity index (χ0n) is 14.6. The van der Waals surface area contributed by atoms with Gasteiger partial charge >= 0.3 is 0 Å². The van der Waals surface area contributed by atoms with Crippen molar-refractivity contribution < 1.29 is 9.72 Å². The SMILES string of the molecule is O=C(C=Cc1ccc([N+](=O)[O-])cc1)N(Cc1cnc2ccccn12)C1CC1. The van der Waals surface area contributed by atoms with E-state index in [2.05, 4.69) is 4.98 Å². The van der Waals surface area contributed by atoms with E-state index in [9.17, 15) is 14.9 Å². The van der Waals surface area contributed by atoms with Crippen molar-refractivity contribution in [3.8, 4) is 0 Å². The third-order valence-corrected chi connectivity index (χ3v) is 4.62. The first-order chi connectivity index (χ1) is 13.1. The molecule has 1 aromatic carbocycles. The monoisotopic (exact) mass is 362 g/mol. The van der Waals surface area contributed by atoms with Crippen LogP contribution in [0.15, 0.2) is 60.9 Å². The van der Waals surface area contributed by atoms with Crippen molar-refractivity contribution >= 4 is 23.3 Å². The molecule has 2 heterocycles. The van der Waals surface area contributed by atoms with Gasteiger partial charge in [0.1, 0.15) is 5.65 Å². The van der Waals surface area contributed by atoms with Crippen molar-refractivity contribution in [2.45, 2.75) is 25.4 Å². The molecule has 0 N–H and O–H groups in total. The Morgan fingerprint density at radius 1 is 1.26 bits per heavy atom. The number of carbonyl (C=O) groups excluding carboxylic acids is 1. The number of pyridine rings is 1. The lowest BCUT2D eigenvalue weighted by molar-refractivity contribution is -0.384. The van der Waals surface area contributed by atoms with E-state index in [1.807, 2.05) is 33.7 Å². The molecule has 0 aliphatic heterocycles. The Balaban J connectivity index is 1.50. The molecule has 1 saturated carbocycles. The second kappa shape index (κ2) is 7.03. The third kappa shape index (κ3) is 3.72. The summed E-state index contributed by atoms with van der Waals surface area (Å²) >= 11 is 0. The number of fused-ring (bicyclic) bond motifs is 1. The van der Waals surface area contributed by atoms with Crippen molar-refractivity contribution in [2.75, 3.05) is 0 Å². The summed E-state index contributed by atoms with van der Waals surface area (Å²) in [5.74, 6) is -0.0678. The fourth-order valence-corrected chi connectivity index (χ4v) is 3.02. The van der Waals surface area contributed by atoms with Gasteiger partial charge in [0.25, 0.3) is 5.69 Å². The molecule has 0 atom stereocenters. The van der Waals surface area contributed by atoms with Gasteiger partial charge < -0.3 is 9.30 Å². The van der Waals surface area contributed by atoms with Crippen molar-refractivity contribution in [2.24, 2.45) is 0 Å². The number of amides is 1. The number of nitro groups is 1. The first-order valence-corrected chi connectivity index (χ1v) is 8.76. The summed E-state index contributed by atoms with van der Waals surface area (Å²) in [5, 5.41) is 10.7. The Kier molecular flexibility index (Phi) is 4.42. The van der Waals surface area contributed by atoms with Crippen LogP contribution in [0.4, 0.5) is 5.69 Å². The van der Waals surface area contributed by atoms with Gasteiger partial charge in [0, 0.05) is 30.4 Å². The number of rotatable bonds is 6. The van der Waals surface area contributed by atoms with Crippen LogP contribution in [-0.4, -0.2) is 31.2 Å². The number of nitro benzene ring substituents is 1. The van der Waals surface area contributed by atoms with Gasteiger partial charge in [0.15, 0.2) is 0 Å². The topological polar surface area (TPSA) is 80.8 Å². The fraction of sp³-hybridized carbons (Fsp3) is 0.200. The molecule has 136 valence electrons. The maximum atomic E-state index is 12.7. The first kappa shape index (κ1) is 17.0. The molecule has 0 spiro atoms. The summed E-state index contributed by atoms with van der Waals surface area (Å²) in [6.45, 7) is 0.499. The fourth-order valence-electron chi connectivity index (χ4n) is 3.02. The molecule has 1 aliphatic rings. The maximum Gasteiger partial charge on any atom is 0.269 e. The summed E-state index contributed by atoms with van der Waals surface area (Å²) in [5.41, 5.74) is 2.61. The smallest absolute Gasteiger partial charge is 0.269 e. The molecule has 0 unspecified atom stereocenters. The predicted octanol–water partition coefficient (Wildman–Crippen LogP) is 3.45. The van der Waals surface area contributed by atoms with Crippen molar-refractivity contribution in [3.63, 3.8) is 0 Å². The van der Waals surface area contributed by atoms with Gasteiger partial charge in [-0.3, -0.25) is 14.9 Å². The average Bonchev–Trinajstić information content (AvgIpc) is 3.45. The third-order valence-electron chi connectivity index (χ3n) is 4.62. The number of hydrogen-bond donors (Lipinski definition) is 0. The summed E-state index contributed by atoms with van der Waals surface area (Å²) < 4.78 is 1.99. The van der Waals surface area contributed by atoms with Gasteiger partial charge in [-0.1, -0.05) is 6.07 Å². The van der Waals surface area contributed by atoms with Gasteiger partial charge in [-0.25, -0.2) is 4.98 Å². The minimum absolute atomic E-state index is 0.0331. The largest absolute Gasteiger partial charge is 0.330 e. The Morgan fingerprint density at radius 3 is 2.74 bits per heavy atom. The molecule has 1 aliphatic carbocycles. The van der Waals surface area contributed by atoms with Gasteiger partial charge in [-0.15, -0.1) is 0 Å². The van der Waals surface area contributed by atoms with Crippen LogP contribution in [-0.2, 0) is 11.3 Å². The Morgan fingerprint density at radius 2 is 2.04 bits per heavy atom. The number of imidazole rings is 1. The molecule has 7 heteroatoms. The number of hydrogen-bond acceptors (Lipinski definition) is 4. The Bertz CT molecular complexity index is 1020. The number of non-ortho nitro benzene ring substituents is 1. The minimum atomic E-state index is -0.441. The Labute approximate surface area is 155 Å². The van der Waals surface area contributed by atoms with Gasteiger partial charge in [0.05, 0.1) is 23.4 Å². The molecule has 0 bridgehead atoms. The molecular formula is C20H18N4O3. The minimum Gasteiger partial charge on any atom is -0.330 e. The second-order valence-electron chi connectivity index (χ2n) is 6.56. The Hall–Kier alpha value is -3.48. The van der Waals surface area contributed by atoms with Crippen molar-refractivity contribution in [1.82, 2.24) is 14.3 Å². The molecule has 4 rings (SSSR count). The van der Waals surface area contributed by atoms with Crippen LogP contribution < -0.4 is 0 Å². The van der Waals surface area contributed by atoms with Gasteiger partial charge in [-0.2, -0.15) is 0 Å². The van der Waals surface area contributed by atoms with Crippen molar-refractivity contribution in [3.05, 3.63) is 82.3 Å². The zero-order valence-corrected chi connectivity index (χ0v) is 14.6. The lowest BCUT2D eigenvalue weighted by Crippen LogP contribution is -2.31. The van der Waals surface area contributed by atoms with Gasteiger partial charge in [0.2, 0.25) is 5.91 Å². The zero-order chi connectivity index (χ0) is 18.8. The number of benzene rings is 1. The maximum absolute atomic E-state index is 12.7. The number of carbonyl (C=O) groups is 1. The van der Waals surface area contributed by atoms with E-state index < -0.39 is 4.92 Å². The van der Waals surface area contributed by atoms with E-state index in [0.717, 1.165) is 29.7 Å². The van der Waals surface area contributed by atoms with E-state index in [1.165, 1.54) is 18.2 Å². The van der Waals surface area contributed by atoms with E-state index in [1.54, 1.807) is 24.4 Å². The standard InChI is InChI=1S/C20H18N4O3/c25-20(11-6-15-4-7-17(8-5-15)24(26)27)23(16-9-10-16)14-18-13-21-19-3-1-2-12-22(18)19/h1-8,11-13,16H,9-10,14H2. The highest BCUT2D eigenvalue weighted by Gasteiger charge is 2.32. The van der Waals surface area contributed by atoms with Crippen LogP contribution in [0, 0.1) is 10.1 Å². The first-order valence-electron chi connectivity index (χ1n) is 8.76. The van der Waals surface area contributed by atoms with Gasteiger partial charge in [-0.05, 0) is 48.7 Å². The average molecular weight is 362 g/mol. The highest BCUT2D eigenvalue weighted by molar-refractivity contribution is 5.92. The second-order valence-corrected chi connectivity index (χ2v) is 6.56. The van der Waals surface area contributed by atoms with E-state index in [0.29, 0.717) is 6.54 Å². The highest BCUT2D eigenvalue weighted by Crippen LogP contribution is 2.29. The molecule has 7 nitrogen and oxygen atoms in total. The molecule has 1 fully saturated rings. The predicted molar refractivity (Wildman–Crippen MR) is 101 cm³/mol. The van der Waals surface area contributed by atoms with Crippen LogP contribution in [0.5, 0.6) is 0 Å². The van der Waals surface area contributed by atoms with Crippen molar-refractivity contribution in [1.29, 1.82) is 0 Å².